The Morgan fingerprint density at radius 3 is 2.30 bits per heavy atom. The average molecular weight is 776 g/mol. The van der Waals surface area contributed by atoms with E-state index in [0.29, 0.717) is 17.5 Å². The smallest absolute Gasteiger partial charge is 0.216 e. The Morgan fingerprint density at radius 2 is 1.64 bits per heavy atom. The van der Waals surface area contributed by atoms with Crippen LogP contribution in [-0.4, -0.2) is 23.0 Å². The minimum absolute atomic E-state index is 0. The molecule has 6 rings (SSSR count). The molecule has 1 radical (unpaired) electrons. The molecule has 0 N–H and O–H groups in total. The fourth-order valence-electron chi connectivity index (χ4n) is 5.30. The van der Waals surface area contributed by atoms with Gasteiger partial charge in [-0.1, -0.05) is 81.5 Å². The number of pyridine rings is 3. The van der Waals surface area contributed by atoms with E-state index in [0.717, 1.165) is 56.5 Å². The van der Waals surface area contributed by atoms with E-state index in [9.17, 15) is 0 Å². The van der Waals surface area contributed by atoms with Gasteiger partial charge in [-0.2, -0.15) is 0 Å². The molecule has 44 heavy (non-hydrogen) atoms. The summed E-state index contributed by atoms with van der Waals surface area (Å²) in [6.07, 6.45) is 5.05. The third-order valence-electron chi connectivity index (χ3n) is 7.49. The first-order valence-electron chi connectivity index (χ1n) is 15.1. The summed E-state index contributed by atoms with van der Waals surface area (Å²) in [6.45, 7) is 18.1. The Balaban J connectivity index is 0.000000199. The maximum Gasteiger partial charge on any atom is 0.216 e. The number of fused-ring (bicyclic) bond motifs is 3. The summed E-state index contributed by atoms with van der Waals surface area (Å²) in [5, 5.41) is 3.58. The van der Waals surface area contributed by atoms with Crippen LogP contribution in [0, 0.1) is 25.0 Å². The normalized spacial score (nSPS) is 11.5. The van der Waals surface area contributed by atoms with Crippen LogP contribution in [0.3, 0.4) is 0 Å². The number of nitrogens with zero attached hydrogens (tertiary/aromatic N) is 3. The van der Waals surface area contributed by atoms with Crippen LogP contribution in [0.15, 0.2) is 83.5 Å². The van der Waals surface area contributed by atoms with Crippen LogP contribution in [0.5, 0.6) is 0 Å². The fraction of sp³-hybridized carbons (Fsp3) is 0.289. The van der Waals surface area contributed by atoms with Gasteiger partial charge in [-0.3, -0.25) is 0 Å². The van der Waals surface area contributed by atoms with Gasteiger partial charge in [-0.15, -0.1) is 54.1 Å². The molecule has 4 aromatic heterocycles. The molecule has 0 unspecified atom stereocenters. The van der Waals surface area contributed by atoms with E-state index in [-0.39, 0.29) is 20.1 Å². The third kappa shape index (κ3) is 7.61. The molecule has 4 nitrogen and oxygen atoms in total. The Kier molecular flexibility index (Phi) is 10.7. The SMILES string of the molecule is CC(C)Cc1cc(-c2[c-]cccc2)ncc1[Si](C)(C)C.Cc1ccnc(-c2[c-]ccc3c2oc2nc(C(C)C)ccc23)c1.[Ir]. The number of hydrogen-bond acceptors (Lipinski definition) is 4. The molecule has 6 heteroatoms. The second-order valence-electron chi connectivity index (χ2n) is 13.0. The maximum absolute atomic E-state index is 6.09. The maximum atomic E-state index is 6.09. The standard InChI is InChI=1S/C20H17N2O.C18H24NSi.Ir/c1-12(2)17-8-7-15-14-5-4-6-16(19(14)23-20(15)22-17)18-11-13(3)9-10-21-18;1-14(2)11-16-12-17(15-9-7-6-8-10-15)19-13-18(16)20(3,4)5;/h4-5,7-12H,1-3H3;6-9,12-14H,11H2,1-5H3;/q2*-1;. The quantitative estimate of drug-likeness (QED) is 0.125. The molecule has 2 aromatic carbocycles. The van der Waals surface area contributed by atoms with Crippen molar-refractivity contribution in [1.29, 1.82) is 0 Å². The molecule has 0 fully saturated rings. The minimum Gasteiger partial charge on any atom is -0.486 e. The average Bonchev–Trinajstić information content (AvgIpc) is 3.35. The van der Waals surface area contributed by atoms with Crippen molar-refractivity contribution in [3.63, 3.8) is 0 Å². The van der Waals surface area contributed by atoms with E-state index in [1.54, 1.807) is 0 Å². The van der Waals surface area contributed by atoms with Crippen molar-refractivity contribution < 1.29 is 24.5 Å². The second-order valence-corrected chi connectivity index (χ2v) is 18.0. The molecular weight excluding hydrogens is 735 g/mol. The topological polar surface area (TPSA) is 51.8 Å². The Labute approximate surface area is 276 Å². The number of aryl methyl sites for hydroxylation is 1. The summed E-state index contributed by atoms with van der Waals surface area (Å²) in [5.74, 6) is 1.04. The van der Waals surface area contributed by atoms with E-state index < -0.39 is 8.07 Å². The van der Waals surface area contributed by atoms with E-state index >= 15 is 0 Å². The molecule has 0 bridgehead atoms. The van der Waals surface area contributed by atoms with Gasteiger partial charge in [0.05, 0.1) is 13.7 Å². The summed E-state index contributed by atoms with van der Waals surface area (Å²) in [5.41, 5.74) is 9.04. The largest absolute Gasteiger partial charge is 0.486 e. The van der Waals surface area contributed by atoms with Crippen LogP contribution in [-0.2, 0) is 26.5 Å². The first kappa shape index (κ1) is 33.4. The number of benzene rings is 2. The van der Waals surface area contributed by atoms with E-state index in [1.807, 2.05) is 48.7 Å². The first-order valence-corrected chi connectivity index (χ1v) is 18.6. The number of aromatic nitrogens is 3. The van der Waals surface area contributed by atoms with Crippen molar-refractivity contribution in [2.24, 2.45) is 5.92 Å². The summed E-state index contributed by atoms with van der Waals surface area (Å²) in [4.78, 5) is 13.8. The van der Waals surface area contributed by atoms with Gasteiger partial charge in [0, 0.05) is 43.6 Å². The van der Waals surface area contributed by atoms with E-state index in [2.05, 4.69) is 112 Å². The third-order valence-corrected chi connectivity index (χ3v) is 9.56. The number of rotatable bonds is 6. The van der Waals surface area contributed by atoms with Gasteiger partial charge in [0.25, 0.3) is 0 Å². The Bertz CT molecular complexity index is 1860. The van der Waals surface area contributed by atoms with Crippen molar-refractivity contribution >= 4 is 35.3 Å². The molecular formula is C38H41IrN3OSi-2. The van der Waals surface area contributed by atoms with Crippen LogP contribution < -0.4 is 5.19 Å². The molecule has 0 aliphatic heterocycles. The van der Waals surface area contributed by atoms with Gasteiger partial charge in [0.2, 0.25) is 5.71 Å². The van der Waals surface area contributed by atoms with Gasteiger partial charge in [0.15, 0.2) is 0 Å². The zero-order chi connectivity index (χ0) is 30.7. The zero-order valence-electron chi connectivity index (χ0n) is 27.0. The molecule has 4 heterocycles. The Hall–Kier alpha value is -3.44. The molecule has 0 aliphatic rings. The molecule has 0 saturated carbocycles. The van der Waals surface area contributed by atoms with E-state index in [1.165, 1.54) is 10.8 Å². The van der Waals surface area contributed by atoms with Gasteiger partial charge in [-0.05, 0) is 60.0 Å². The molecule has 0 spiro atoms. The second kappa shape index (κ2) is 14.1. The van der Waals surface area contributed by atoms with Crippen molar-refractivity contribution in [2.45, 2.75) is 66.6 Å². The summed E-state index contributed by atoms with van der Waals surface area (Å²) < 4.78 is 6.09. The predicted octanol–water partition coefficient (Wildman–Crippen LogP) is 9.56. The predicted molar refractivity (Wildman–Crippen MR) is 182 cm³/mol. The van der Waals surface area contributed by atoms with Crippen molar-refractivity contribution in [3.8, 4) is 22.5 Å². The van der Waals surface area contributed by atoms with Crippen molar-refractivity contribution in [2.75, 3.05) is 0 Å². The minimum atomic E-state index is -1.34. The molecule has 229 valence electrons. The Morgan fingerprint density at radius 1 is 0.841 bits per heavy atom. The summed E-state index contributed by atoms with van der Waals surface area (Å²) in [7, 11) is -1.34. The molecule has 0 saturated heterocycles. The molecule has 0 aliphatic carbocycles. The van der Waals surface area contributed by atoms with Crippen LogP contribution in [0.25, 0.3) is 44.6 Å². The molecule has 6 aromatic rings. The monoisotopic (exact) mass is 776 g/mol. The van der Waals surface area contributed by atoms with Crippen molar-refractivity contribution in [1.82, 2.24) is 15.0 Å². The summed E-state index contributed by atoms with van der Waals surface area (Å²) in [6, 6.07) is 29.0. The fourth-order valence-corrected chi connectivity index (χ4v) is 6.89. The van der Waals surface area contributed by atoms with E-state index in [4.69, 9.17) is 4.42 Å². The van der Waals surface area contributed by atoms with Gasteiger partial charge < -0.3 is 14.4 Å². The summed E-state index contributed by atoms with van der Waals surface area (Å²) >= 11 is 0. The zero-order valence-corrected chi connectivity index (χ0v) is 30.3. The number of hydrogen-bond donors (Lipinski definition) is 0. The van der Waals surface area contributed by atoms with Crippen molar-refractivity contribution in [3.05, 3.63) is 108 Å². The van der Waals surface area contributed by atoms with Crippen LogP contribution in [0.2, 0.25) is 19.6 Å². The van der Waals surface area contributed by atoms with Gasteiger partial charge in [-0.25, -0.2) is 4.98 Å². The van der Waals surface area contributed by atoms with Gasteiger partial charge in [0.1, 0.15) is 0 Å². The molecule has 0 atom stereocenters. The van der Waals surface area contributed by atoms with Crippen LogP contribution in [0.4, 0.5) is 0 Å². The van der Waals surface area contributed by atoms with Crippen LogP contribution >= 0.6 is 0 Å². The van der Waals surface area contributed by atoms with Crippen LogP contribution in [0.1, 0.15) is 50.4 Å². The molecule has 0 amide bonds. The first-order chi connectivity index (χ1) is 20.5. The van der Waals surface area contributed by atoms with Gasteiger partial charge >= 0.3 is 0 Å². The number of furan rings is 1.